The van der Waals surface area contributed by atoms with Gasteiger partial charge >= 0.3 is 0 Å². The Balaban J connectivity index is 2.31. The molecule has 0 saturated heterocycles. The van der Waals surface area contributed by atoms with Gasteiger partial charge in [0.1, 0.15) is 0 Å². The summed E-state index contributed by atoms with van der Waals surface area (Å²) in [7, 11) is 0. The van der Waals surface area contributed by atoms with Gasteiger partial charge in [0.15, 0.2) is 0 Å². The Kier molecular flexibility index (Phi) is 3.11. The standard InChI is InChI=1S/C14H20O/c1-3-14(4-2)11-13-8-6-5-7-12(13)9-10-15-14/h5-8H,3-4,9-11H2,1-2H3. The lowest BCUT2D eigenvalue weighted by molar-refractivity contribution is -0.0452. The lowest BCUT2D eigenvalue weighted by atomic mass is 9.88. The van der Waals surface area contributed by atoms with Crippen LogP contribution in [0.4, 0.5) is 0 Å². The van der Waals surface area contributed by atoms with Gasteiger partial charge in [-0.3, -0.25) is 0 Å². The summed E-state index contributed by atoms with van der Waals surface area (Å²) in [5.41, 5.74) is 3.05. The zero-order valence-electron chi connectivity index (χ0n) is 9.75. The van der Waals surface area contributed by atoms with Crippen molar-refractivity contribution in [2.75, 3.05) is 6.61 Å². The molecule has 82 valence electrons. The van der Waals surface area contributed by atoms with E-state index in [1.165, 1.54) is 11.1 Å². The van der Waals surface area contributed by atoms with E-state index in [2.05, 4.69) is 38.1 Å². The van der Waals surface area contributed by atoms with Crippen LogP contribution in [0.25, 0.3) is 0 Å². The van der Waals surface area contributed by atoms with Gasteiger partial charge in [-0.05, 0) is 30.4 Å². The molecule has 0 spiro atoms. The number of fused-ring (bicyclic) bond motifs is 1. The Hall–Kier alpha value is -0.820. The molecule has 15 heavy (non-hydrogen) atoms. The summed E-state index contributed by atoms with van der Waals surface area (Å²) in [4.78, 5) is 0. The van der Waals surface area contributed by atoms with Crippen LogP contribution in [0.15, 0.2) is 24.3 Å². The number of ether oxygens (including phenoxy) is 1. The molecule has 1 nitrogen and oxygen atoms in total. The summed E-state index contributed by atoms with van der Waals surface area (Å²) in [6.45, 7) is 5.34. The molecule has 0 bridgehead atoms. The van der Waals surface area contributed by atoms with Crippen molar-refractivity contribution in [1.29, 1.82) is 0 Å². The Morgan fingerprint density at radius 3 is 2.47 bits per heavy atom. The largest absolute Gasteiger partial charge is 0.374 e. The van der Waals surface area contributed by atoms with E-state index in [1.54, 1.807) is 0 Å². The molecule has 1 aromatic rings. The average Bonchev–Trinajstić information content (AvgIpc) is 2.48. The summed E-state index contributed by atoms with van der Waals surface area (Å²) >= 11 is 0. The molecule has 0 N–H and O–H groups in total. The Bertz CT molecular complexity index is 326. The quantitative estimate of drug-likeness (QED) is 0.717. The zero-order chi connectivity index (χ0) is 10.7. The van der Waals surface area contributed by atoms with Gasteiger partial charge in [-0.25, -0.2) is 0 Å². The maximum Gasteiger partial charge on any atom is 0.0717 e. The van der Waals surface area contributed by atoms with Crippen molar-refractivity contribution in [2.45, 2.75) is 45.1 Å². The topological polar surface area (TPSA) is 9.23 Å². The molecule has 0 aromatic heterocycles. The fraction of sp³-hybridized carbons (Fsp3) is 0.571. The van der Waals surface area contributed by atoms with Crippen molar-refractivity contribution in [3.05, 3.63) is 35.4 Å². The lowest BCUT2D eigenvalue weighted by Gasteiger charge is -2.30. The third kappa shape index (κ3) is 2.07. The molecule has 0 radical (unpaired) electrons. The van der Waals surface area contributed by atoms with Crippen LogP contribution in [0.3, 0.4) is 0 Å². The second kappa shape index (κ2) is 4.36. The Morgan fingerprint density at radius 1 is 1.13 bits per heavy atom. The van der Waals surface area contributed by atoms with Crippen LogP contribution in [0, 0.1) is 0 Å². The summed E-state index contributed by atoms with van der Waals surface area (Å²) in [6, 6.07) is 8.76. The van der Waals surface area contributed by atoms with Gasteiger partial charge in [0.2, 0.25) is 0 Å². The smallest absolute Gasteiger partial charge is 0.0717 e. The molecule has 0 amide bonds. The zero-order valence-corrected chi connectivity index (χ0v) is 9.75. The van der Waals surface area contributed by atoms with Gasteiger partial charge in [-0.2, -0.15) is 0 Å². The first kappa shape index (κ1) is 10.7. The first-order chi connectivity index (χ1) is 7.29. The lowest BCUT2D eigenvalue weighted by Crippen LogP contribution is -2.33. The highest BCUT2D eigenvalue weighted by atomic mass is 16.5. The highest BCUT2D eigenvalue weighted by Gasteiger charge is 2.30. The third-order valence-electron chi connectivity index (χ3n) is 3.70. The van der Waals surface area contributed by atoms with E-state index in [4.69, 9.17) is 4.74 Å². The molecular formula is C14H20O. The van der Waals surface area contributed by atoms with Gasteiger partial charge in [0.05, 0.1) is 12.2 Å². The maximum absolute atomic E-state index is 6.07. The van der Waals surface area contributed by atoms with Crippen LogP contribution in [0.2, 0.25) is 0 Å². The summed E-state index contributed by atoms with van der Waals surface area (Å²) in [6.07, 6.45) is 4.36. The monoisotopic (exact) mass is 204 g/mol. The summed E-state index contributed by atoms with van der Waals surface area (Å²) < 4.78 is 6.07. The second-order valence-corrected chi connectivity index (χ2v) is 4.43. The molecule has 1 heteroatoms. The van der Waals surface area contributed by atoms with Crippen LogP contribution in [0.5, 0.6) is 0 Å². The SMILES string of the molecule is CCC1(CC)Cc2ccccc2CCO1. The van der Waals surface area contributed by atoms with Gasteiger partial charge in [-0.15, -0.1) is 0 Å². The van der Waals surface area contributed by atoms with Gasteiger partial charge < -0.3 is 4.74 Å². The summed E-state index contributed by atoms with van der Waals surface area (Å²) in [5.74, 6) is 0. The van der Waals surface area contributed by atoms with E-state index in [-0.39, 0.29) is 5.60 Å². The average molecular weight is 204 g/mol. The Labute approximate surface area is 92.5 Å². The molecule has 1 aliphatic rings. The molecular weight excluding hydrogens is 184 g/mol. The van der Waals surface area contributed by atoms with Crippen LogP contribution in [-0.2, 0) is 17.6 Å². The molecule has 1 aliphatic heterocycles. The van der Waals surface area contributed by atoms with E-state index < -0.39 is 0 Å². The van der Waals surface area contributed by atoms with E-state index in [0.717, 1.165) is 32.3 Å². The van der Waals surface area contributed by atoms with Crippen molar-refractivity contribution < 1.29 is 4.74 Å². The minimum atomic E-state index is 0.0899. The predicted octanol–water partition coefficient (Wildman–Crippen LogP) is 3.36. The second-order valence-electron chi connectivity index (χ2n) is 4.43. The van der Waals surface area contributed by atoms with Crippen molar-refractivity contribution in [3.63, 3.8) is 0 Å². The highest BCUT2D eigenvalue weighted by Crippen LogP contribution is 2.30. The normalized spacial score (nSPS) is 19.3. The van der Waals surface area contributed by atoms with Crippen molar-refractivity contribution in [3.8, 4) is 0 Å². The fourth-order valence-corrected chi connectivity index (χ4v) is 2.45. The van der Waals surface area contributed by atoms with E-state index in [0.29, 0.717) is 0 Å². The maximum atomic E-state index is 6.07. The fourth-order valence-electron chi connectivity index (χ4n) is 2.45. The van der Waals surface area contributed by atoms with Crippen LogP contribution >= 0.6 is 0 Å². The molecule has 2 rings (SSSR count). The minimum absolute atomic E-state index is 0.0899. The first-order valence-electron chi connectivity index (χ1n) is 6.00. The van der Waals surface area contributed by atoms with Crippen molar-refractivity contribution in [1.82, 2.24) is 0 Å². The molecule has 0 saturated carbocycles. The molecule has 0 aliphatic carbocycles. The first-order valence-corrected chi connectivity index (χ1v) is 6.00. The van der Waals surface area contributed by atoms with E-state index in [1.807, 2.05) is 0 Å². The van der Waals surface area contributed by atoms with Crippen molar-refractivity contribution in [2.24, 2.45) is 0 Å². The number of rotatable bonds is 2. The Morgan fingerprint density at radius 2 is 1.80 bits per heavy atom. The van der Waals surface area contributed by atoms with Crippen molar-refractivity contribution >= 4 is 0 Å². The predicted molar refractivity (Wildman–Crippen MR) is 63.1 cm³/mol. The molecule has 1 heterocycles. The molecule has 1 aromatic carbocycles. The number of hydrogen-bond acceptors (Lipinski definition) is 1. The van der Waals surface area contributed by atoms with Gasteiger partial charge in [0, 0.05) is 6.42 Å². The van der Waals surface area contributed by atoms with Gasteiger partial charge in [-0.1, -0.05) is 38.1 Å². The van der Waals surface area contributed by atoms with Gasteiger partial charge in [0.25, 0.3) is 0 Å². The molecule has 0 unspecified atom stereocenters. The third-order valence-corrected chi connectivity index (χ3v) is 3.70. The van der Waals surface area contributed by atoms with E-state index in [9.17, 15) is 0 Å². The van der Waals surface area contributed by atoms with Crippen LogP contribution in [-0.4, -0.2) is 12.2 Å². The number of hydrogen-bond donors (Lipinski definition) is 0. The van der Waals surface area contributed by atoms with Crippen LogP contribution in [0.1, 0.15) is 37.8 Å². The van der Waals surface area contributed by atoms with E-state index >= 15 is 0 Å². The highest BCUT2D eigenvalue weighted by molar-refractivity contribution is 5.29. The van der Waals surface area contributed by atoms with Crippen LogP contribution < -0.4 is 0 Å². The number of benzene rings is 1. The summed E-state index contributed by atoms with van der Waals surface area (Å²) in [5, 5.41) is 0. The molecule has 0 fully saturated rings. The molecule has 0 atom stereocenters. The minimum Gasteiger partial charge on any atom is -0.374 e.